The fourth-order valence-corrected chi connectivity index (χ4v) is 3.84. The number of nitrogens with one attached hydrogen (secondary N) is 1. The molecule has 0 amide bonds. The van der Waals surface area contributed by atoms with Crippen molar-refractivity contribution in [3.05, 3.63) is 106 Å². The van der Waals surface area contributed by atoms with Gasteiger partial charge in [-0.15, -0.1) is 10.2 Å². The number of nitrogens with zero attached hydrogens (tertiary/aromatic N) is 3. The third-order valence-corrected chi connectivity index (χ3v) is 5.73. The van der Waals surface area contributed by atoms with Crippen molar-refractivity contribution in [3.63, 3.8) is 0 Å². The number of unbranched alkanes of at least 4 members (excludes halogenated alkanes) is 1. The van der Waals surface area contributed by atoms with E-state index in [1.54, 1.807) is 6.07 Å². The van der Waals surface area contributed by atoms with Crippen LogP contribution in [0.1, 0.15) is 29.5 Å². The first-order valence-corrected chi connectivity index (χ1v) is 11.6. The number of H-pyrrole nitrogens is 1. The fourth-order valence-electron chi connectivity index (χ4n) is 3.84. The van der Waals surface area contributed by atoms with E-state index < -0.39 is 0 Å². The summed E-state index contributed by atoms with van der Waals surface area (Å²) in [6.07, 6.45) is 6.64. The summed E-state index contributed by atoms with van der Waals surface area (Å²) >= 11 is 0. The van der Waals surface area contributed by atoms with Gasteiger partial charge in [0.2, 0.25) is 5.82 Å². The molecule has 8 heteroatoms. The van der Waals surface area contributed by atoms with E-state index in [1.807, 2.05) is 60.7 Å². The van der Waals surface area contributed by atoms with Gasteiger partial charge in [0.15, 0.2) is 11.2 Å². The van der Waals surface area contributed by atoms with Gasteiger partial charge in [-0.25, -0.2) is 4.39 Å². The molecule has 0 spiro atoms. The number of ether oxygens (including phenoxy) is 1. The van der Waals surface area contributed by atoms with Crippen molar-refractivity contribution in [3.8, 4) is 17.3 Å². The number of para-hydroxylation sites is 1. The molecule has 0 saturated carbocycles. The average Bonchev–Trinajstić information content (AvgIpc) is 3.44. The lowest BCUT2D eigenvalue weighted by atomic mass is 10.1. The molecule has 0 bridgehead atoms. The molecule has 5 aromatic rings. The van der Waals surface area contributed by atoms with Gasteiger partial charge in [0, 0.05) is 11.6 Å². The third kappa shape index (κ3) is 5.55. The van der Waals surface area contributed by atoms with E-state index in [1.165, 1.54) is 18.2 Å². The molecule has 5 rings (SSSR count). The number of aryl methyl sites for hydroxylation is 1. The number of halogens is 1. The Bertz CT molecular complexity index is 1530. The molecule has 3 aromatic carbocycles. The van der Waals surface area contributed by atoms with Crippen molar-refractivity contribution in [1.29, 1.82) is 0 Å². The van der Waals surface area contributed by atoms with Crippen molar-refractivity contribution in [2.24, 2.45) is 0 Å². The van der Waals surface area contributed by atoms with Crippen LogP contribution in [0.5, 0.6) is 5.75 Å². The van der Waals surface area contributed by atoms with E-state index in [2.05, 4.69) is 20.6 Å². The predicted octanol–water partition coefficient (Wildman–Crippen LogP) is 5.68. The summed E-state index contributed by atoms with van der Waals surface area (Å²) in [5.74, 6) is 1.06. The number of benzene rings is 3. The maximum absolute atomic E-state index is 13.0. The Morgan fingerprint density at radius 1 is 0.972 bits per heavy atom. The van der Waals surface area contributed by atoms with Gasteiger partial charge in [-0.05, 0) is 65.9 Å². The largest absolute Gasteiger partial charge is 0.494 e. The standard InChI is InChI=1S/C28H23FN4O3/c29-22-13-8-19(9-14-22)4-1-2-17-35-23-15-10-20(11-16-23)7-12-21-5-3-6-24-25(34)18-26(36-27(21)24)28-30-32-33-31-28/h3,5-16,18H,1-2,4,17H2,(H,30,31,32,33). The smallest absolute Gasteiger partial charge is 0.239 e. The molecular formula is C28H23FN4O3. The van der Waals surface area contributed by atoms with Crippen molar-refractivity contribution in [2.75, 3.05) is 6.61 Å². The van der Waals surface area contributed by atoms with Gasteiger partial charge in [-0.1, -0.05) is 48.6 Å². The summed E-state index contributed by atoms with van der Waals surface area (Å²) in [6, 6.07) is 21.2. The number of hydrogen-bond acceptors (Lipinski definition) is 6. The Morgan fingerprint density at radius 3 is 2.58 bits per heavy atom. The van der Waals surface area contributed by atoms with Crippen LogP contribution in [0.2, 0.25) is 0 Å². The summed E-state index contributed by atoms with van der Waals surface area (Å²) in [5, 5.41) is 14.1. The first-order chi connectivity index (χ1) is 17.7. The second kappa shape index (κ2) is 10.8. The molecule has 0 radical (unpaired) electrons. The van der Waals surface area contributed by atoms with Crippen LogP contribution in [0.4, 0.5) is 4.39 Å². The number of hydrogen-bond donors (Lipinski definition) is 1. The maximum Gasteiger partial charge on any atom is 0.239 e. The van der Waals surface area contributed by atoms with Crippen LogP contribution < -0.4 is 10.2 Å². The average molecular weight is 483 g/mol. The van der Waals surface area contributed by atoms with Gasteiger partial charge in [-0.2, -0.15) is 5.21 Å². The van der Waals surface area contributed by atoms with Crippen LogP contribution in [0.15, 0.2) is 82.0 Å². The highest BCUT2D eigenvalue weighted by molar-refractivity contribution is 5.89. The zero-order chi connectivity index (χ0) is 24.7. The fraction of sp³-hybridized carbons (Fsp3) is 0.143. The molecule has 0 aliphatic carbocycles. The molecule has 0 saturated heterocycles. The maximum atomic E-state index is 13.0. The van der Waals surface area contributed by atoms with E-state index >= 15 is 0 Å². The molecular weight excluding hydrogens is 459 g/mol. The van der Waals surface area contributed by atoms with Crippen LogP contribution in [0.3, 0.4) is 0 Å². The minimum absolute atomic E-state index is 0.175. The van der Waals surface area contributed by atoms with Gasteiger partial charge in [-0.3, -0.25) is 4.79 Å². The number of aromatic amines is 1. The van der Waals surface area contributed by atoms with Gasteiger partial charge in [0.05, 0.1) is 12.0 Å². The zero-order valence-electron chi connectivity index (χ0n) is 19.4. The first kappa shape index (κ1) is 23.2. The zero-order valence-corrected chi connectivity index (χ0v) is 19.4. The lowest BCUT2D eigenvalue weighted by molar-refractivity contribution is 0.307. The van der Waals surface area contributed by atoms with E-state index in [4.69, 9.17) is 9.15 Å². The molecule has 0 aliphatic rings. The van der Waals surface area contributed by atoms with E-state index in [9.17, 15) is 9.18 Å². The van der Waals surface area contributed by atoms with Gasteiger partial charge < -0.3 is 9.15 Å². The van der Waals surface area contributed by atoms with Crippen LogP contribution in [0.25, 0.3) is 34.7 Å². The molecule has 180 valence electrons. The Labute approximate surface area is 206 Å². The molecule has 0 aliphatic heterocycles. The Kier molecular flexibility index (Phi) is 6.93. The Balaban J connectivity index is 1.21. The van der Waals surface area contributed by atoms with Crippen LogP contribution in [0, 0.1) is 5.82 Å². The molecule has 0 atom stereocenters. The number of tetrazole rings is 1. The van der Waals surface area contributed by atoms with E-state index in [0.29, 0.717) is 17.6 Å². The van der Waals surface area contributed by atoms with Crippen LogP contribution in [-0.2, 0) is 6.42 Å². The number of aromatic nitrogens is 4. The topological polar surface area (TPSA) is 93.9 Å². The second-order valence-electron chi connectivity index (χ2n) is 8.27. The summed E-state index contributed by atoms with van der Waals surface area (Å²) < 4.78 is 24.8. The molecule has 7 nitrogen and oxygen atoms in total. The summed E-state index contributed by atoms with van der Waals surface area (Å²) in [6.45, 7) is 0.619. The summed E-state index contributed by atoms with van der Waals surface area (Å²) in [4.78, 5) is 12.6. The van der Waals surface area contributed by atoms with Gasteiger partial charge in [0.1, 0.15) is 17.1 Å². The van der Waals surface area contributed by atoms with E-state index in [-0.39, 0.29) is 22.8 Å². The highest BCUT2D eigenvalue weighted by atomic mass is 19.1. The third-order valence-electron chi connectivity index (χ3n) is 5.73. The molecule has 0 unspecified atom stereocenters. The quantitative estimate of drug-likeness (QED) is 0.214. The van der Waals surface area contributed by atoms with Crippen LogP contribution >= 0.6 is 0 Å². The summed E-state index contributed by atoms with van der Waals surface area (Å²) in [7, 11) is 0. The lowest BCUT2D eigenvalue weighted by Crippen LogP contribution is -2.01. The second-order valence-corrected chi connectivity index (χ2v) is 8.27. The van der Waals surface area contributed by atoms with Crippen LogP contribution in [-0.4, -0.2) is 27.2 Å². The number of rotatable bonds is 9. The van der Waals surface area contributed by atoms with Crippen molar-refractivity contribution >= 4 is 23.1 Å². The molecule has 0 fully saturated rings. The van der Waals surface area contributed by atoms with Crippen molar-refractivity contribution < 1.29 is 13.5 Å². The first-order valence-electron chi connectivity index (χ1n) is 11.6. The minimum atomic E-state index is -0.210. The van der Waals surface area contributed by atoms with Crippen molar-refractivity contribution in [1.82, 2.24) is 20.6 Å². The predicted molar refractivity (Wildman–Crippen MR) is 136 cm³/mol. The Hall–Kier alpha value is -4.59. The molecule has 2 heterocycles. The normalized spacial score (nSPS) is 11.4. The van der Waals surface area contributed by atoms with Gasteiger partial charge >= 0.3 is 0 Å². The molecule has 2 aromatic heterocycles. The van der Waals surface area contributed by atoms with Gasteiger partial charge in [0.25, 0.3) is 0 Å². The SMILES string of the molecule is O=c1cc(-c2nn[nH]n2)oc2c(C=Cc3ccc(OCCCCc4ccc(F)cc4)cc3)cccc12. The highest BCUT2D eigenvalue weighted by Gasteiger charge is 2.12. The monoisotopic (exact) mass is 482 g/mol. The van der Waals surface area contributed by atoms with Crippen molar-refractivity contribution in [2.45, 2.75) is 19.3 Å². The molecule has 36 heavy (non-hydrogen) atoms. The highest BCUT2D eigenvalue weighted by Crippen LogP contribution is 2.24. The minimum Gasteiger partial charge on any atom is -0.494 e. The summed E-state index contributed by atoms with van der Waals surface area (Å²) in [5.41, 5.74) is 3.15. The number of fused-ring (bicyclic) bond motifs is 1. The van der Waals surface area contributed by atoms with E-state index in [0.717, 1.165) is 41.7 Å². The lowest BCUT2D eigenvalue weighted by Gasteiger charge is -2.07. The molecule has 1 N–H and O–H groups in total. The Morgan fingerprint density at radius 2 is 1.81 bits per heavy atom.